The summed E-state index contributed by atoms with van der Waals surface area (Å²) in [4.78, 5) is 10.5. The van der Waals surface area contributed by atoms with Gasteiger partial charge in [-0.2, -0.15) is 0 Å². The number of methoxy groups -OCH3 is 1. The molecule has 0 spiro atoms. The number of rotatable bonds is 8. The fourth-order valence-electron chi connectivity index (χ4n) is 1.55. The van der Waals surface area contributed by atoms with E-state index in [1.165, 1.54) is 6.08 Å². The van der Waals surface area contributed by atoms with Crippen LogP contribution in [0.4, 0.5) is 0 Å². The van der Waals surface area contributed by atoms with Crippen molar-refractivity contribution in [3.63, 3.8) is 0 Å². The van der Waals surface area contributed by atoms with Crippen LogP contribution >= 0.6 is 15.9 Å². The highest BCUT2D eigenvalue weighted by Gasteiger charge is 2.10. The Morgan fingerprint density at radius 1 is 1.50 bits per heavy atom. The molecule has 0 aromatic heterocycles. The lowest BCUT2D eigenvalue weighted by Gasteiger charge is -2.13. The predicted octanol–water partition coefficient (Wildman–Crippen LogP) is 3.90. The fourth-order valence-corrected chi connectivity index (χ4v) is 2.12. The zero-order valence-corrected chi connectivity index (χ0v) is 12.9. The van der Waals surface area contributed by atoms with Crippen LogP contribution in [-0.2, 0) is 4.79 Å². The van der Waals surface area contributed by atoms with E-state index in [9.17, 15) is 4.79 Å². The number of aliphatic carboxylic acids is 1. The molecule has 5 heteroatoms. The Morgan fingerprint density at radius 2 is 2.25 bits per heavy atom. The van der Waals surface area contributed by atoms with E-state index >= 15 is 0 Å². The van der Waals surface area contributed by atoms with Crippen molar-refractivity contribution in [2.24, 2.45) is 0 Å². The Morgan fingerprint density at radius 3 is 2.85 bits per heavy atom. The van der Waals surface area contributed by atoms with E-state index in [0.29, 0.717) is 18.1 Å². The summed E-state index contributed by atoms with van der Waals surface area (Å²) in [6.45, 7) is 4.22. The Kier molecular flexibility index (Phi) is 6.87. The molecule has 0 aliphatic rings. The van der Waals surface area contributed by atoms with E-state index in [2.05, 4.69) is 22.5 Å². The number of ether oxygens (including phenoxy) is 2. The van der Waals surface area contributed by atoms with Crippen molar-refractivity contribution in [2.75, 3.05) is 13.7 Å². The number of allylic oxidation sites excluding steroid dienone is 1. The van der Waals surface area contributed by atoms with Crippen LogP contribution in [0.1, 0.15) is 18.4 Å². The van der Waals surface area contributed by atoms with Crippen molar-refractivity contribution in [3.05, 3.63) is 40.9 Å². The van der Waals surface area contributed by atoms with Gasteiger partial charge in [0.1, 0.15) is 0 Å². The summed E-state index contributed by atoms with van der Waals surface area (Å²) < 4.78 is 11.7. The first kappa shape index (κ1) is 16.3. The topological polar surface area (TPSA) is 55.8 Å². The lowest BCUT2D eigenvalue weighted by atomic mass is 10.2. The van der Waals surface area contributed by atoms with Gasteiger partial charge >= 0.3 is 5.97 Å². The number of unbranched alkanes of at least 4 members (excludes halogenated alkanes) is 1. The number of benzene rings is 1. The van der Waals surface area contributed by atoms with Crippen LogP contribution in [0.15, 0.2) is 35.3 Å². The summed E-state index contributed by atoms with van der Waals surface area (Å²) in [5, 5.41) is 8.63. The van der Waals surface area contributed by atoms with Crippen molar-refractivity contribution >= 4 is 28.0 Å². The minimum atomic E-state index is -0.996. The van der Waals surface area contributed by atoms with Gasteiger partial charge in [-0.25, -0.2) is 4.79 Å². The molecule has 0 heterocycles. The maximum atomic E-state index is 10.5. The van der Waals surface area contributed by atoms with Crippen LogP contribution in [0.25, 0.3) is 6.08 Å². The third-order valence-electron chi connectivity index (χ3n) is 2.47. The monoisotopic (exact) mass is 340 g/mol. The smallest absolute Gasteiger partial charge is 0.328 e. The van der Waals surface area contributed by atoms with Gasteiger partial charge in [0.05, 0.1) is 18.2 Å². The van der Waals surface area contributed by atoms with Gasteiger partial charge in [-0.1, -0.05) is 6.08 Å². The molecule has 108 valence electrons. The van der Waals surface area contributed by atoms with Crippen LogP contribution in [0.3, 0.4) is 0 Å². The minimum Gasteiger partial charge on any atom is -0.493 e. The summed E-state index contributed by atoms with van der Waals surface area (Å²) in [7, 11) is 1.54. The van der Waals surface area contributed by atoms with E-state index in [1.807, 2.05) is 6.08 Å². The molecule has 0 aliphatic carbocycles. The largest absolute Gasteiger partial charge is 0.493 e. The maximum absolute atomic E-state index is 10.5. The van der Waals surface area contributed by atoms with E-state index in [1.54, 1.807) is 19.2 Å². The summed E-state index contributed by atoms with van der Waals surface area (Å²) in [6, 6.07) is 3.51. The maximum Gasteiger partial charge on any atom is 0.328 e. The van der Waals surface area contributed by atoms with Crippen LogP contribution in [0.5, 0.6) is 11.5 Å². The average Bonchev–Trinajstić information content (AvgIpc) is 2.42. The van der Waals surface area contributed by atoms with Crippen molar-refractivity contribution in [1.29, 1.82) is 0 Å². The second-order valence-electron chi connectivity index (χ2n) is 3.99. The molecular formula is C15H17BrO4. The van der Waals surface area contributed by atoms with Crippen molar-refractivity contribution in [3.8, 4) is 11.5 Å². The number of carboxylic acid groups (broad SMARTS) is 1. The molecule has 0 bridgehead atoms. The summed E-state index contributed by atoms with van der Waals surface area (Å²) in [5.41, 5.74) is 0.717. The van der Waals surface area contributed by atoms with Gasteiger partial charge in [-0.3, -0.25) is 0 Å². The van der Waals surface area contributed by atoms with Crippen LogP contribution in [-0.4, -0.2) is 24.8 Å². The Balaban J connectivity index is 2.90. The Labute approximate surface area is 126 Å². The molecule has 0 saturated heterocycles. The molecule has 4 nitrogen and oxygen atoms in total. The summed E-state index contributed by atoms with van der Waals surface area (Å²) in [5.74, 6) is 0.178. The first-order valence-corrected chi connectivity index (χ1v) is 6.90. The molecule has 0 amide bonds. The number of hydrogen-bond acceptors (Lipinski definition) is 3. The van der Waals surface area contributed by atoms with E-state index < -0.39 is 5.97 Å². The zero-order chi connectivity index (χ0) is 15.0. The van der Waals surface area contributed by atoms with Crippen molar-refractivity contribution in [1.82, 2.24) is 0 Å². The van der Waals surface area contributed by atoms with Gasteiger partial charge in [0, 0.05) is 6.08 Å². The molecule has 0 unspecified atom stereocenters. The molecule has 0 fully saturated rings. The second-order valence-corrected chi connectivity index (χ2v) is 4.84. The van der Waals surface area contributed by atoms with E-state index in [0.717, 1.165) is 29.0 Å². The van der Waals surface area contributed by atoms with Gasteiger partial charge in [-0.05, 0) is 52.5 Å². The summed E-state index contributed by atoms with van der Waals surface area (Å²) in [6.07, 6.45) is 6.18. The van der Waals surface area contributed by atoms with Crippen LogP contribution in [0.2, 0.25) is 0 Å². The Bertz CT molecular complexity index is 509. The van der Waals surface area contributed by atoms with E-state index in [-0.39, 0.29) is 0 Å². The van der Waals surface area contributed by atoms with Gasteiger partial charge in [-0.15, -0.1) is 6.58 Å². The van der Waals surface area contributed by atoms with Gasteiger partial charge in [0.2, 0.25) is 0 Å². The molecule has 1 rings (SSSR count). The zero-order valence-electron chi connectivity index (χ0n) is 11.3. The molecule has 1 aromatic carbocycles. The second kappa shape index (κ2) is 8.43. The molecule has 0 radical (unpaired) electrons. The molecule has 0 aliphatic heterocycles. The third kappa shape index (κ3) is 5.09. The minimum absolute atomic E-state index is 0.558. The van der Waals surface area contributed by atoms with Crippen molar-refractivity contribution in [2.45, 2.75) is 12.8 Å². The highest BCUT2D eigenvalue weighted by atomic mass is 79.9. The average molecular weight is 341 g/mol. The molecule has 1 aromatic rings. The molecule has 20 heavy (non-hydrogen) atoms. The standard InChI is InChI=1S/C15H17BrO4/c1-3-4-5-8-20-15-12(16)9-11(6-7-14(17)18)10-13(15)19-2/h3,6-7,9-10H,1,4-5,8H2,2H3,(H,17,18). The highest BCUT2D eigenvalue weighted by Crippen LogP contribution is 2.37. The van der Waals surface area contributed by atoms with Crippen LogP contribution in [0, 0.1) is 0 Å². The lowest BCUT2D eigenvalue weighted by Crippen LogP contribution is -2.00. The summed E-state index contributed by atoms with van der Waals surface area (Å²) >= 11 is 3.41. The van der Waals surface area contributed by atoms with Gasteiger partial charge in [0.25, 0.3) is 0 Å². The molecular weight excluding hydrogens is 324 g/mol. The van der Waals surface area contributed by atoms with Crippen LogP contribution < -0.4 is 9.47 Å². The highest BCUT2D eigenvalue weighted by molar-refractivity contribution is 9.10. The quantitative estimate of drug-likeness (QED) is 0.443. The molecule has 1 N–H and O–H groups in total. The predicted molar refractivity (Wildman–Crippen MR) is 82.3 cm³/mol. The number of halogens is 1. The Hall–Kier alpha value is -1.75. The van der Waals surface area contributed by atoms with Crippen molar-refractivity contribution < 1.29 is 19.4 Å². The SMILES string of the molecule is C=CCCCOc1c(Br)cc(C=CC(=O)O)cc1OC. The van der Waals surface area contributed by atoms with Gasteiger partial charge < -0.3 is 14.6 Å². The number of carbonyl (C=O) groups is 1. The first-order valence-electron chi connectivity index (χ1n) is 6.10. The lowest BCUT2D eigenvalue weighted by molar-refractivity contribution is -0.131. The molecule has 0 atom stereocenters. The fraction of sp³-hybridized carbons (Fsp3) is 0.267. The molecule has 0 saturated carbocycles. The van der Waals surface area contributed by atoms with Gasteiger partial charge in [0.15, 0.2) is 11.5 Å². The third-order valence-corrected chi connectivity index (χ3v) is 3.06. The van der Waals surface area contributed by atoms with E-state index in [4.69, 9.17) is 14.6 Å². The normalized spacial score (nSPS) is 10.5. The number of carboxylic acids is 1. The number of hydrogen-bond donors (Lipinski definition) is 1. The first-order chi connectivity index (χ1) is 9.58.